The van der Waals surface area contributed by atoms with Gasteiger partial charge in [0.25, 0.3) is 5.56 Å². The van der Waals surface area contributed by atoms with E-state index < -0.39 is 0 Å². The molecule has 0 spiro atoms. The van der Waals surface area contributed by atoms with Crippen molar-refractivity contribution >= 4 is 44.2 Å². The second-order valence-corrected chi connectivity index (χ2v) is 10.0. The van der Waals surface area contributed by atoms with Gasteiger partial charge < -0.3 is 19.8 Å². The number of pyridine rings is 1. The first-order valence-electron chi connectivity index (χ1n) is 11.3. The van der Waals surface area contributed by atoms with Crippen molar-refractivity contribution in [2.75, 3.05) is 13.3 Å². The average Bonchev–Trinajstić information content (AvgIpc) is 3.55. The normalized spacial score (nSPS) is 22.5. The lowest BCUT2D eigenvalue weighted by Crippen LogP contribution is -2.37. The Labute approximate surface area is 204 Å². The molecule has 8 nitrogen and oxygen atoms in total. The van der Waals surface area contributed by atoms with Crippen molar-refractivity contribution in [3.63, 3.8) is 0 Å². The Balaban J connectivity index is 0.00000217. The predicted octanol–water partition coefficient (Wildman–Crippen LogP) is 3.16. The zero-order valence-electron chi connectivity index (χ0n) is 18.2. The second kappa shape index (κ2) is 8.11. The standard InChI is InChI=1S/C24H22N4O4S.ClH/c29-23-21-19(15-2-1-8-25-22(15)33-21)27-24(30)28(23)9-7-16-18-12(10-26-16)3-4-14-13(18)5-6-17-20(14)32-11-31-17;/h1-2,5-6,8,12,16,18,26H,3-4,7,9-11H2,(H,27,30);1H/t12-,16?,18+;/m0./s1. The SMILES string of the molecule is Cl.O=c1[nH]c2c(sc3ncccc32)c(=O)n1CCC1NC[C@@H]2CCc3c(ccc4c3OCO4)[C@H]12. The molecule has 0 amide bonds. The number of hydrogen-bond acceptors (Lipinski definition) is 7. The Kier molecular flexibility index (Phi) is 5.16. The van der Waals surface area contributed by atoms with Crippen LogP contribution in [0, 0.1) is 5.92 Å². The third-order valence-electron chi connectivity index (χ3n) is 7.43. The second-order valence-electron chi connectivity index (χ2n) is 9.04. The van der Waals surface area contributed by atoms with Crippen LogP contribution in [0.1, 0.15) is 29.9 Å². The lowest BCUT2D eigenvalue weighted by molar-refractivity contribution is 0.173. The Bertz CT molecular complexity index is 1540. The van der Waals surface area contributed by atoms with E-state index in [9.17, 15) is 9.59 Å². The first-order valence-corrected chi connectivity index (χ1v) is 12.2. The van der Waals surface area contributed by atoms with Crippen LogP contribution in [0.5, 0.6) is 11.5 Å². The van der Waals surface area contributed by atoms with Crippen LogP contribution in [0.15, 0.2) is 40.1 Å². The van der Waals surface area contributed by atoms with Crippen LogP contribution in [0.3, 0.4) is 0 Å². The van der Waals surface area contributed by atoms with Gasteiger partial charge in [-0.25, -0.2) is 9.78 Å². The molecule has 1 aliphatic carbocycles. The molecule has 34 heavy (non-hydrogen) atoms. The summed E-state index contributed by atoms with van der Waals surface area (Å²) in [5.74, 6) is 2.62. The van der Waals surface area contributed by atoms with E-state index in [-0.39, 0.29) is 36.5 Å². The average molecular weight is 499 g/mol. The smallest absolute Gasteiger partial charge is 0.328 e. The molecule has 7 rings (SSSR count). The van der Waals surface area contributed by atoms with E-state index in [1.807, 2.05) is 18.2 Å². The first kappa shape index (κ1) is 21.6. The Morgan fingerprint density at radius 2 is 2.12 bits per heavy atom. The topological polar surface area (TPSA) is 98.2 Å². The van der Waals surface area contributed by atoms with Crippen LogP contribution >= 0.6 is 23.7 Å². The maximum absolute atomic E-state index is 13.2. The van der Waals surface area contributed by atoms with Crippen LogP contribution in [0.25, 0.3) is 20.4 Å². The lowest BCUT2D eigenvalue weighted by atomic mass is 9.73. The van der Waals surface area contributed by atoms with Gasteiger partial charge in [0, 0.05) is 35.7 Å². The van der Waals surface area contributed by atoms with E-state index in [0.29, 0.717) is 35.0 Å². The molecule has 0 saturated carbocycles. The van der Waals surface area contributed by atoms with Gasteiger partial charge in [-0.1, -0.05) is 6.07 Å². The summed E-state index contributed by atoms with van der Waals surface area (Å²) in [7, 11) is 0. The summed E-state index contributed by atoms with van der Waals surface area (Å²) in [5.41, 5.74) is 2.56. The highest BCUT2D eigenvalue weighted by atomic mass is 35.5. The maximum atomic E-state index is 13.2. The van der Waals surface area contributed by atoms with Crippen molar-refractivity contribution in [2.24, 2.45) is 5.92 Å². The van der Waals surface area contributed by atoms with Crippen LogP contribution in [-0.4, -0.2) is 33.9 Å². The Morgan fingerprint density at radius 3 is 3.03 bits per heavy atom. The van der Waals surface area contributed by atoms with Crippen LogP contribution in [0.4, 0.5) is 0 Å². The van der Waals surface area contributed by atoms with E-state index in [1.54, 1.807) is 6.20 Å². The number of rotatable bonds is 3. The molecule has 2 N–H and O–H groups in total. The van der Waals surface area contributed by atoms with Gasteiger partial charge in [0.2, 0.25) is 6.79 Å². The molecular weight excluding hydrogens is 476 g/mol. The van der Waals surface area contributed by atoms with E-state index in [4.69, 9.17) is 9.47 Å². The number of ether oxygens (including phenoxy) is 2. The molecule has 1 aromatic carbocycles. The number of nitrogens with zero attached hydrogens (tertiary/aromatic N) is 2. The van der Waals surface area contributed by atoms with Gasteiger partial charge >= 0.3 is 5.69 Å². The van der Waals surface area contributed by atoms with Gasteiger partial charge in [-0.2, -0.15) is 0 Å². The fraction of sp³-hybridized carbons (Fsp3) is 0.375. The number of aromatic nitrogens is 3. The van der Waals surface area contributed by atoms with Crippen LogP contribution in [-0.2, 0) is 13.0 Å². The summed E-state index contributed by atoms with van der Waals surface area (Å²) in [4.78, 5) is 34.1. The minimum atomic E-state index is -0.363. The molecule has 10 heteroatoms. The summed E-state index contributed by atoms with van der Waals surface area (Å²) >= 11 is 1.33. The summed E-state index contributed by atoms with van der Waals surface area (Å²) in [5, 5.41) is 4.48. The molecule has 3 aliphatic rings. The Hall–Kier alpha value is -2.88. The number of benzene rings is 1. The van der Waals surface area contributed by atoms with Gasteiger partial charge in [-0.15, -0.1) is 23.7 Å². The highest BCUT2D eigenvalue weighted by Gasteiger charge is 2.41. The van der Waals surface area contributed by atoms with Crippen molar-refractivity contribution in [3.8, 4) is 11.5 Å². The van der Waals surface area contributed by atoms with Crippen LogP contribution in [0.2, 0.25) is 0 Å². The molecule has 3 aromatic heterocycles. The van der Waals surface area contributed by atoms with E-state index in [2.05, 4.69) is 21.4 Å². The number of thiophene rings is 1. The zero-order chi connectivity index (χ0) is 22.1. The fourth-order valence-corrected chi connectivity index (χ4v) is 6.98. The summed E-state index contributed by atoms with van der Waals surface area (Å²) in [6.07, 6.45) is 4.49. The summed E-state index contributed by atoms with van der Waals surface area (Å²) < 4.78 is 13.2. The van der Waals surface area contributed by atoms with Crippen molar-refractivity contribution in [1.82, 2.24) is 19.9 Å². The number of fused-ring (bicyclic) bond motifs is 8. The molecule has 5 heterocycles. The number of nitrogens with one attached hydrogen (secondary N) is 2. The van der Waals surface area contributed by atoms with Gasteiger partial charge in [-0.05, 0) is 55.5 Å². The van der Waals surface area contributed by atoms with E-state index in [0.717, 1.165) is 41.1 Å². The van der Waals surface area contributed by atoms with E-state index in [1.165, 1.54) is 27.0 Å². The van der Waals surface area contributed by atoms with Crippen molar-refractivity contribution < 1.29 is 9.47 Å². The minimum absolute atomic E-state index is 0. The number of aromatic amines is 1. The van der Waals surface area contributed by atoms with Crippen LogP contribution < -0.4 is 26.0 Å². The maximum Gasteiger partial charge on any atom is 0.328 e. The van der Waals surface area contributed by atoms with Gasteiger partial charge in [0.15, 0.2) is 11.5 Å². The molecule has 0 bridgehead atoms. The van der Waals surface area contributed by atoms with Crippen molar-refractivity contribution in [3.05, 3.63) is 62.4 Å². The highest BCUT2D eigenvalue weighted by molar-refractivity contribution is 7.25. The Morgan fingerprint density at radius 1 is 1.21 bits per heavy atom. The molecular formula is C24H23ClN4O4S. The first-order chi connectivity index (χ1) is 16.2. The van der Waals surface area contributed by atoms with Gasteiger partial charge in [0.05, 0.1) is 5.52 Å². The van der Waals surface area contributed by atoms with Gasteiger partial charge in [-0.3, -0.25) is 9.36 Å². The lowest BCUT2D eigenvalue weighted by Gasteiger charge is -2.31. The molecule has 1 fully saturated rings. The highest BCUT2D eigenvalue weighted by Crippen LogP contribution is 2.49. The third kappa shape index (κ3) is 3.10. The van der Waals surface area contributed by atoms with Crippen molar-refractivity contribution in [1.29, 1.82) is 0 Å². The van der Waals surface area contributed by atoms with E-state index >= 15 is 0 Å². The molecule has 176 valence electrons. The fourth-order valence-electron chi connectivity index (χ4n) is 5.93. The molecule has 1 unspecified atom stereocenters. The third-order valence-corrected chi connectivity index (χ3v) is 8.53. The number of H-pyrrole nitrogens is 1. The summed E-state index contributed by atoms with van der Waals surface area (Å²) in [6.45, 7) is 1.60. The minimum Gasteiger partial charge on any atom is -0.454 e. The molecule has 0 radical (unpaired) electrons. The quantitative estimate of drug-likeness (QED) is 0.450. The molecule has 3 atom stereocenters. The number of halogens is 1. The summed E-state index contributed by atoms with van der Waals surface area (Å²) in [6, 6.07) is 8.08. The number of hydrogen-bond donors (Lipinski definition) is 2. The van der Waals surface area contributed by atoms with Crippen molar-refractivity contribution in [2.45, 2.75) is 37.8 Å². The molecule has 4 aromatic rings. The monoisotopic (exact) mass is 498 g/mol. The van der Waals surface area contributed by atoms with Gasteiger partial charge in [0.1, 0.15) is 9.53 Å². The zero-order valence-corrected chi connectivity index (χ0v) is 19.8. The predicted molar refractivity (Wildman–Crippen MR) is 133 cm³/mol. The molecule has 2 aliphatic heterocycles. The largest absolute Gasteiger partial charge is 0.454 e. The molecule has 1 saturated heterocycles.